The lowest BCUT2D eigenvalue weighted by molar-refractivity contribution is 0.0425. The summed E-state index contributed by atoms with van der Waals surface area (Å²) in [4.78, 5) is 47.2. The Bertz CT molecular complexity index is 1210. The van der Waals surface area contributed by atoms with Gasteiger partial charge in [0.15, 0.2) is 0 Å². The number of hydrogen-bond donors (Lipinski definition) is 0. The third-order valence-corrected chi connectivity index (χ3v) is 5.49. The minimum atomic E-state index is -0.636. The summed E-state index contributed by atoms with van der Waals surface area (Å²) < 4.78 is 9.36. The van der Waals surface area contributed by atoms with Crippen molar-refractivity contribution in [2.45, 2.75) is 55.4 Å². The van der Waals surface area contributed by atoms with Crippen molar-refractivity contribution in [1.82, 2.24) is 0 Å². The van der Waals surface area contributed by atoms with E-state index in [2.05, 4.69) is 9.47 Å². The molecule has 0 aliphatic carbocycles. The van der Waals surface area contributed by atoms with E-state index in [1.54, 1.807) is 24.3 Å². The number of ether oxygens (including phenoxy) is 2. The van der Waals surface area contributed by atoms with E-state index in [-0.39, 0.29) is 22.3 Å². The summed E-state index contributed by atoms with van der Waals surface area (Å²) in [6, 6.07) is 14.3. The predicted octanol–water partition coefficient (Wildman–Crippen LogP) is 7.34. The van der Waals surface area contributed by atoms with Crippen LogP contribution in [0.15, 0.2) is 48.5 Å². The fourth-order valence-corrected chi connectivity index (χ4v) is 3.93. The largest absolute Gasteiger partial charge is 0.386 e. The van der Waals surface area contributed by atoms with Crippen molar-refractivity contribution >= 4 is 23.9 Å². The second-order valence-corrected chi connectivity index (χ2v) is 7.36. The molecular formula is C30H32O6. The molecule has 3 aromatic carbocycles. The molecule has 0 bridgehead atoms. The highest BCUT2D eigenvalue weighted by Crippen LogP contribution is 2.34. The van der Waals surface area contributed by atoms with Gasteiger partial charge in [-0.25, -0.2) is 19.2 Å². The van der Waals surface area contributed by atoms with Gasteiger partial charge in [0.25, 0.3) is 0 Å². The molecule has 0 N–H and O–H groups in total. The van der Waals surface area contributed by atoms with E-state index in [0.717, 1.165) is 33.4 Å². The fourth-order valence-electron chi connectivity index (χ4n) is 3.93. The van der Waals surface area contributed by atoms with E-state index in [1.165, 1.54) is 0 Å². The predicted molar refractivity (Wildman–Crippen MR) is 140 cm³/mol. The summed E-state index contributed by atoms with van der Waals surface area (Å²) in [5.41, 5.74) is 6.20. The van der Waals surface area contributed by atoms with E-state index >= 15 is 0 Å². The molecule has 6 nitrogen and oxygen atoms in total. The zero-order valence-corrected chi connectivity index (χ0v) is 22.1. The van der Waals surface area contributed by atoms with E-state index in [1.807, 2.05) is 79.7 Å². The first-order valence-electron chi connectivity index (χ1n) is 12.3. The number of benzene rings is 3. The van der Waals surface area contributed by atoms with E-state index in [4.69, 9.17) is 0 Å². The number of aryl methyl sites for hydroxylation is 2. The topological polar surface area (TPSA) is 86.7 Å². The van der Waals surface area contributed by atoms with Crippen LogP contribution in [0.2, 0.25) is 0 Å². The maximum atomic E-state index is 11.9. The van der Waals surface area contributed by atoms with Crippen molar-refractivity contribution in [3.05, 3.63) is 81.9 Å². The van der Waals surface area contributed by atoms with Gasteiger partial charge in [-0.05, 0) is 71.5 Å². The van der Waals surface area contributed by atoms with Crippen LogP contribution in [0, 0.1) is 13.8 Å². The Morgan fingerprint density at radius 3 is 0.944 bits per heavy atom. The molecule has 36 heavy (non-hydrogen) atoms. The quantitative estimate of drug-likeness (QED) is 0.277. The van der Waals surface area contributed by atoms with Gasteiger partial charge in [-0.15, -0.1) is 0 Å². The second-order valence-electron chi connectivity index (χ2n) is 7.36. The van der Waals surface area contributed by atoms with Crippen LogP contribution in [0.4, 0.5) is 0 Å². The first-order valence-corrected chi connectivity index (χ1v) is 12.3. The van der Waals surface area contributed by atoms with Crippen LogP contribution < -0.4 is 0 Å². The molecule has 0 spiro atoms. The number of hydrogen-bond acceptors (Lipinski definition) is 6. The SMILES string of the molecule is CC.CC.CC.Cc1cc2c(cc1-c1ccc(-c3cc4c(cc3C)C(=O)OC4=O)cc1)C(=O)OC2=O. The van der Waals surface area contributed by atoms with Crippen molar-refractivity contribution in [2.75, 3.05) is 0 Å². The molecule has 0 fully saturated rings. The molecule has 0 saturated carbocycles. The van der Waals surface area contributed by atoms with Crippen molar-refractivity contribution in [1.29, 1.82) is 0 Å². The Labute approximate surface area is 212 Å². The van der Waals surface area contributed by atoms with Gasteiger partial charge in [0.2, 0.25) is 0 Å². The van der Waals surface area contributed by atoms with Crippen molar-refractivity contribution in [3.8, 4) is 22.3 Å². The van der Waals surface area contributed by atoms with E-state index < -0.39 is 23.9 Å². The highest BCUT2D eigenvalue weighted by atomic mass is 16.6. The average molecular weight is 489 g/mol. The lowest BCUT2D eigenvalue weighted by atomic mass is 9.92. The Morgan fingerprint density at radius 2 is 0.667 bits per heavy atom. The molecule has 0 saturated heterocycles. The third-order valence-electron chi connectivity index (χ3n) is 5.49. The molecule has 2 aliphatic heterocycles. The van der Waals surface area contributed by atoms with E-state index in [9.17, 15) is 19.2 Å². The monoisotopic (exact) mass is 488 g/mol. The lowest BCUT2D eigenvalue weighted by Gasteiger charge is -2.11. The van der Waals surface area contributed by atoms with Crippen molar-refractivity contribution in [3.63, 3.8) is 0 Å². The van der Waals surface area contributed by atoms with Crippen LogP contribution in [0.1, 0.15) is 94.1 Å². The number of fused-ring (bicyclic) bond motifs is 2. The third kappa shape index (κ3) is 5.13. The lowest BCUT2D eigenvalue weighted by Crippen LogP contribution is -1.96. The summed E-state index contributed by atoms with van der Waals surface area (Å²) in [6.45, 7) is 15.7. The molecule has 6 heteroatoms. The zero-order valence-electron chi connectivity index (χ0n) is 22.1. The van der Waals surface area contributed by atoms with Gasteiger partial charge >= 0.3 is 23.9 Å². The molecule has 2 aliphatic rings. The van der Waals surface area contributed by atoms with Gasteiger partial charge in [0, 0.05) is 0 Å². The van der Waals surface area contributed by atoms with Crippen molar-refractivity contribution in [2.24, 2.45) is 0 Å². The summed E-state index contributed by atoms with van der Waals surface area (Å²) in [5.74, 6) is -2.51. The van der Waals surface area contributed by atoms with Gasteiger partial charge in [0.05, 0.1) is 22.3 Å². The molecule has 0 radical (unpaired) electrons. The molecule has 0 amide bonds. The fraction of sp³-hybridized carbons (Fsp3) is 0.267. The smallest absolute Gasteiger partial charge is 0.346 e. The van der Waals surface area contributed by atoms with E-state index in [0.29, 0.717) is 0 Å². The van der Waals surface area contributed by atoms with Gasteiger partial charge < -0.3 is 9.47 Å². The van der Waals surface area contributed by atoms with Crippen molar-refractivity contribution < 1.29 is 28.7 Å². The maximum Gasteiger partial charge on any atom is 0.346 e. The van der Waals surface area contributed by atoms with Gasteiger partial charge in [-0.1, -0.05) is 65.8 Å². The zero-order chi connectivity index (χ0) is 27.2. The van der Waals surface area contributed by atoms with Crippen LogP contribution in [0.5, 0.6) is 0 Å². The van der Waals surface area contributed by atoms with Gasteiger partial charge in [-0.3, -0.25) is 0 Å². The number of carbonyl (C=O) groups excluding carboxylic acids is 4. The molecular weight excluding hydrogens is 456 g/mol. The van der Waals surface area contributed by atoms with Crippen LogP contribution in [0.25, 0.3) is 22.3 Å². The minimum Gasteiger partial charge on any atom is -0.386 e. The molecule has 2 heterocycles. The molecule has 0 atom stereocenters. The van der Waals surface area contributed by atoms with Crippen LogP contribution >= 0.6 is 0 Å². The summed E-state index contributed by atoms with van der Waals surface area (Å²) in [7, 11) is 0. The standard InChI is InChI=1S/C24H14O6.3C2H6/c1-11-7-17-19(23(27)29-21(17)25)9-15(11)13-3-5-14(6-4-13)16-10-20-18(8-12(16)2)22(26)30-24(20)28;3*1-2/h3-10H,1-2H3;3*1-2H3. The first-order chi connectivity index (χ1) is 17.3. The normalized spacial score (nSPS) is 12.6. The van der Waals surface area contributed by atoms with Crippen LogP contribution in [-0.2, 0) is 9.47 Å². The average Bonchev–Trinajstić information content (AvgIpc) is 3.34. The number of rotatable bonds is 2. The van der Waals surface area contributed by atoms with Gasteiger partial charge in [-0.2, -0.15) is 0 Å². The summed E-state index contributed by atoms with van der Waals surface area (Å²) in [6.07, 6.45) is 0. The number of esters is 4. The Kier molecular flexibility index (Phi) is 9.45. The van der Waals surface area contributed by atoms with Crippen LogP contribution in [-0.4, -0.2) is 23.9 Å². The minimum absolute atomic E-state index is 0.266. The first kappa shape index (κ1) is 28.2. The summed E-state index contributed by atoms with van der Waals surface area (Å²) in [5, 5.41) is 0. The Hall–Kier alpha value is -4.06. The van der Waals surface area contributed by atoms with Crippen LogP contribution in [0.3, 0.4) is 0 Å². The van der Waals surface area contributed by atoms with Gasteiger partial charge in [0.1, 0.15) is 0 Å². The Morgan fingerprint density at radius 1 is 0.417 bits per heavy atom. The highest BCUT2D eigenvalue weighted by molar-refractivity contribution is 6.16. The molecule has 188 valence electrons. The maximum absolute atomic E-state index is 11.9. The molecule has 0 unspecified atom stereocenters. The highest BCUT2D eigenvalue weighted by Gasteiger charge is 2.31. The molecule has 0 aromatic heterocycles. The molecule has 3 aromatic rings. The second kappa shape index (κ2) is 12.1. The number of carbonyl (C=O) groups is 4. The Balaban J connectivity index is 0.000000710. The summed E-state index contributed by atoms with van der Waals surface area (Å²) >= 11 is 0. The molecule has 5 rings (SSSR count). The number of cyclic esters (lactones) is 4.